The fourth-order valence-corrected chi connectivity index (χ4v) is 2.32. The van der Waals surface area contributed by atoms with E-state index in [1.165, 1.54) is 18.7 Å². The molecular formula is C12H17N3O2. The van der Waals surface area contributed by atoms with Gasteiger partial charge in [-0.25, -0.2) is 9.97 Å². The van der Waals surface area contributed by atoms with E-state index < -0.39 is 0 Å². The molecule has 0 saturated carbocycles. The molecule has 1 aromatic heterocycles. The maximum absolute atomic E-state index is 12.2. The Kier molecular flexibility index (Phi) is 3.68. The van der Waals surface area contributed by atoms with E-state index in [9.17, 15) is 9.90 Å². The van der Waals surface area contributed by atoms with Gasteiger partial charge in [-0.05, 0) is 26.2 Å². The van der Waals surface area contributed by atoms with Crippen LogP contribution in [-0.4, -0.2) is 44.6 Å². The van der Waals surface area contributed by atoms with Crippen LogP contribution in [0.3, 0.4) is 0 Å². The van der Waals surface area contributed by atoms with E-state index in [-0.39, 0.29) is 18.1 Å². The Balaban J connectivity index is 2.08. The summed E-state index contributed by atoms with van der Waals surface area (Å²) in [4.78, 5) is 21.7. The molecule has 5 heteroatoms. The zero-order valence-electron chi connectivity index (χ0n) is 9.91. The Labute approximate surface area is 100 Å². The molecule has 2 rings (SSSR count). The molecule has 0 radical (unpaired) electrons. The van der Waals surface area contributed by atoms with Gasteiger partial charge in [0.15, 0.2) is 0 Å². The molecule has 0 bridgehead atoms. The van der Waals surface area contributed by atoms with E-state index >= 15 is 0 Å². The van der Waals surface area contributed by atoms with Gasteiger partial charge in [-0.2, -0.15) is 0 Å². The molecule has 1 amide bonds. The minimum Gasteiger partial charge on any atom is -0.393 e. The molecule has 2 atom stereocenters. The van der Waals surface area contributed by atoms with E-state index in [0.717, 1.165) is 19.4 Å². The number of likely N-dealkylation sites (tertiary alicyclic amines) is 1. The number of nitrogens with zero attached hydrogens (tertiary/aromatic N) is 3. The Morgan fingerprint density at radius 2 is 2.29 bits per heavy atom. The van der Waals surface area contributed by atoms with Gasteiger partial charge in [-0.1, -0.05) is 0 Å². The van der Waals surface area contributed by atoms with Crippen molar-refractivity contribution >= 4 is 5.91 Å². The maximum Gasteiger partial charge on any atom is 0.257 e. The van der Waals surface area contributed by atoms with Crippen LogP contribution in [-0.2, 0) is 0 Å². The summed E-state index contributed by atoms with van der Waals surface area (Å²) in [5, 5.41) is 9.42. The number of rotatable bonds is 3. The molecule has 1 N–H and O–H groups in total. The predicted octanol–water partition coefficient (Wildman–Crippen LogP) is 0.852. The highest BCUT2D eigenvalue weighted by Crippen LogP contribution is 2.23. The van der Waals surface area contributed by atoms with Gasteiger partial charge in [0.05, 0.1) is 11.7 Å². The first-order valence-electron chi connectivity index (χ1n) is 5.92. The minimum atomic E-state index is -0.375. The summed E-state index contributed by atoms with van der Waals surface area (Å²) in [5.74, 6) is -0.0336. The molecule has 0 aliphatic carbocycles. The van der Waals surface area contributed by atoms with Crippen molar-refractivity contribution in [1.82, 2.24) is 14.9 Å². The lowest BCUT2D eigenvalue weighted by Gasteiger charge is -2.25. The van der Waals surface area contributed by atoms with Crippen molar-refractivity contribution in [3.8, 4) is 0 Å². The van der Waals surface area contributed by atoms with Gasteiger partial charge >= 0.3 is 0 Å². The van der Waals surface area contributed by atoms with E-state index in [0.29, 0.717) is 12.0 Å². The number of amides is 1. The number of carbonyl (C=O) groups is 1. The van der Waals surface area contributed by atoms with Crippen molar-refractivity contribution in [1.29, 1.82) is 0 Å². The molecule has 1 aromatic rings. The van der Waals surface area contributed by atoms with Crippen LogP contribution in [0.5, 0.6) is 0 Å². The Morgan fingerprint density at radius 1 is 1.59 bits per heavy atom. The van der Waals surface area contributed by atoms with Crippen molar-refractivity contribution in [2.45, 2.75) is 38.3 Å². The van der Waals surface area contributed by atoms with Crippen LogP contribution in [0.2, 0.25) is 0 Å². The van der Waals surface area contributed by atoms with E-state index in [1.54, 1.807) is 6.92 Å². The van der Waals surface area contributed by atoms with E-state index in [4.69, 9.17) is 0 Å². The first-order chi connectivity index (χ1) is 8.18. The molecule has 1 fully saturated rings. The zero-order chi connectivity index (χ0) is 12.3. The molecule has 2 unspecified atom stereocenters. The molecule has 1 saturated heterocycles. The lowest BCUT2D eigenvalue weighted by Crippen LogP contribution is -2.37. The second kappa shape index (κ2) is 5.23. The Morgan fingerprint density at radius 3 is 2.94 bits per heavy atom. The lowest BCUT2D eigenvalue weighted by molar-refractivity contribution is 0.0681. The molecule has 5 nitrogen and oxygen atoms in total. The van der Waals surface area contributed by atoms with Crippen LogP contribution < -0.4 is 0 Å². The number of hydrogen-bond acceptors (Lipinski definition) is 4. The first-order valence-corrected chi connectivity index (χ1v) is 5.92. The van der Waals surface area contributed by atoms with Crippen LogP contribution in [0, 0.1) is 0 Å². The number of hydrogen-bond donors (Lipinski definition) is 1. The standard InChI is InChI=1S/C12H17N3O2/c1-9(16)5-11-3-2-4-15(11)12(17)10-6-13-8-14-7-10/h6-9,11,16H,2-5H2,1H3. The quantitative estimate of drug-likeness (QED) is 0.843. The zero-order valence-corrected chi connectivity index (χ0v) is 9.91. The third-order valence-electron chi connectivity index (χ3n) is 3.06. The second-order valence-electron chi connectivity index (χ2n) is 4.51. The fraction of sp³-hybridized carbons (Fsp3) is 0.583. The summed E-state index contributed by atoms with van der Waals surface area (Å²) in [6.45, 7) is 2.51. The summed E-state index contributed by atoms with van der Waals surface area (Å²) in [7, 11) is 0. The average Bonchev–Trinajstić information content (AvgIpc) is 2.76. The lowest BCUT2D eigenvalue weighted by atomic mass is 10.1. The van der Waals surface area contributed by atoms with Crippen LogP contribution in [0.25, 0.3) is 0 Å². The summed E-state index contributed by atoms with van der Waals surface area (Å²) in [6.07, 6.45) is 6.70. The first kappa shape index (κ1) is 12.0. The fourth-order valence-electron chi connectivity index (χ4n) is 2.32. The normalized spacial score (nSPS) is 21.5. The van der Waals surface area contributed by atoms with Crippen LogP contribution in [0.15, 0.2) is 18.7 Å². The largest absolute Gasteiger partial charge is 0.393 e. The van der Waals surface area contributed by atoms with E-state index in [1.807, 2.05) is 4.90 Å². The summed E-state index contributed by atoms with van der Waals surface area (Å²) in [5.41, 5.74) is 0.519. The molecule has 92 valence electrons. The molecular weight excluding hydrogens is 218 g/mol. The topological polar surface area (TPSA) is 66.3 Å². The highest BCUT2D eigenvalue weighted by molar-refractivity contribution is 5.94. The van der Waals surface area contributed by atoms with Gasteiger partial charge in [-0.15, -0.1) is 0 Å². The number of aliphatic hydroxyl groups is 1. The van der Waals surface area contributed by atoms with Gasteiger partial charge in [-0.3, -0.25) is 4.79 Å². The van der Waals surface area contributed by atoms with Gasteiger partial charge < -0.3 is 10.0 Å². The van der Waals surface area contributed by atoms with Crippen LogP contribution in [0.4, 0.5) is 0 Å². The summed E-state index contributed by atoms with van der Waals surface area (Å²) < 4.78 is 0. The molecule has 2 heterocycles. The van der Waals surface area contributed by atoms with Crippen LogP contribution >= 0.6 is 0 Å². The molecule has 17 heavy (non-hydrogen) atoms. The van der Waals surface area contributed by atoms with Gasteiger partial charge in [0, 0.05) is 25.0 Å². The van der Waals surface area contributed by atoms with Crippen molar-refractivity contribution in [3.63, 3.8) is 0 Å². The Bertz CT molecular complexity index is 381. The minimum absolute atomic E-state index is 0.0336. The van der Waals surface area contributed by atoms with Crippen molar-refractivity contribution < 1.29 is 9.90 Å². The molecule has 0 aromatic carbocycles. The Hall–Kier alpha value is -1.49. The monoisotopic (exact) mass is 235 g/mol. The van der Waals surface area contributed by atoms with Crippen LogP contribution in [0.1, 0.15) is 36.5 Å². The average molecular weight is 235 g/mol. The van der Waals surface area contributed by atoms with Crippen molar-refractivity contribution in [3.05, 3.63) is 24.3 Å². The smallest absolute Gasteiger partial charge is 0.257 e. The predicted molar refractivity (Wildman–Crippen MR) is 62.4 cm³/mol. The third kappa shape index (κ3) is 2.79. The number of carbonyl (C=O) groups excluding carboxylic acids is 1. The highest BCUT2D eigenvalue weighted by Gasteiger charge is 2.30. The van der Waals surface area contributed by atoms with Crippen molar-refractivity contribution in [2.24, 2.45) is 0 Å². The third-order valence-corrected chi connectivity index (χ3v) is 3.06. The highest BCUT2D eigenvalue weighted by atomic mass is 16.3. The van der Waals surface area contributed by atoms with Crippen molar-refractivity contribution in [2.75, 3.05) is 6.54 Å². The SMILES string of the molecule is CC(O)CC1CCCN1C(=O)c1cncnc1. The van der Waals surface area contributed by atoms with Gasteiger partial charge in [0.2, 0.25) is 0 Å². The molecule has 0 spiro atoms. The van der Waals surface area contributed by atoms with E-state index in [2.05, 4.69) is 9.97 Å². The van der Waals surface area contributed by atoms with Gasteiger partial charge in [0.1, 0.15) is 6.33 Å². The molecule has 1 aliphatic heterocycles. The second-order valence-corrected chi connectivity index (χ2v) is 4.51. The van der Waals surface area contributed by atoms with Gasteiger partial charge in [0.25, 0.3) is 5.91 Å². The maximum atomic E-state index is 12.2. The molecule has 1 aliphatic rings. The number of aromatic nitrogens is 2. The number of aliphatic hydroxyl groups excluding tert-OH is 1. The summed E-state index contributed by atoms with van der Waals surface area (Å²) >= 11 is 0. The summed E-state index contributed by atoms with van der Waals surface area (Å²) in [6, 6.07) is 0.141.